The zero-order valence-corrected chi connectivity index (χ0v) is 9.88. The van der Waals surface area contributed by atoms with E-state index in [1.807, 2.05) is 0 Å². The van der Waals surface area contributed by atoms with E-state index in [0.29, 0.717) is 22.5 Å². The third kappa shape index (κ3) is 2.17. The SMILES string of the molecule is CCNC(=O)c1cc2cccc(Cl)c2oc1=O. The van der Waals surface area contributed by atoms with Gasteiger partial charge in [-0.1, -0.05) is 23.7 Å². The van der Waals surface area contributed by atoms with Gasteiger partial charge in [-0.05, 0) is 19.1 Å². The van der Waals surface area contributed by atoms with Crippen LogP contribution in [-0.2, 0) is 0 Å². The molecule has 0 bridgehead atoms. The number of rotatable bonds is 2. The molecular weight excluding hydrogens is 242 g/mol. The van der Waals surface area contributed by atoms with Crippen LogP contribution in [0.15, 0.2) is 33.5 Å². The monoisotopic (exact) mass is 251 g/mol. The summed E-state index contributed by atoms with van der Waals surface area (Å²) in [5.74, 6) is -0.442. The Morgan fingerprint density at radius 1 is 1.47 bits per heavy atom. The molecule has 2 aromatic rings. The summed E-state index contributed by atoms with van der Waals surface area (Å²) in [6.45, 7) is 2.23. The smallest absolute Gasteiger partial charge is 0.349 e. The second-order valence-electron chi connectivity index (χ2n) is 3.47. The van der Waals surface area contributed by atoms with E-state index < -0.39 is 11.5 Å². The summed E-state index contributed by atoms with van der Waals surface area (Å²) in [5, 5.41) is 3.52. The molecule has 17 heavy (non-hydrogen) atoms. The Hall–Kier alpha value is -1.81. The van der Waals surface area contributed by atoms with Crippen molar-refractivity contribution in [3.63, 3.8) is 0 Å². The molecule has 0 saturated carbocycles. The van der Waals surface area contributed by atoms with Gasteiger partial charge in [-0.15, -0.1) is 0 Å². The number of amides is 1. The number of nitrogens with one attached hydrogen (secondary N) is 1. The Bertz CT molecular complexity index is 633. The molecule has 0 aliphatic rings. The van der Waals surface area contributed by atoms with E-state index in [9.17, 15) is 9.59 Å². The van der Waals surface area contributed by atoms with Gasteiger partial charge in [0.25, 0.3) is 5.91 Å². The first-order valence-electron chi connectivity index (χ1n) is 5.14. The van der Waals surface area contributed by atoms with E-state index in [4.69, 9.17) is 16.0 Å². The highest BCUT2D eigenvalue weighted by Crippen LogP contribution is 2.22. The quantitative estimate of drug-likeness (QED) is 0.833. The fraction of sp³-hybridized carbons (Fsp3) is 0.167. The molecule has 2 rings (SSSR count). The standard InChI is InChI=1S/C12H10ClNO3/c1-2-14-11(15)8-6-7-4-3-5-9(13)10(7)17-12(8)16/h3-6H,2H2,1H3,(H,14,15). The van der Waals surface area contributed by atoms with Crippen LogP contribution in [0.2, 0.25) is 5.02 Å². The van der Waals surface area contributed by atoms with E-state index in [0.717, 1.165) is 0 Å². The van der Waals surface area contributed by atoms with Crippen LogP contribution in [-0.4, -0.2) is 12.5 Å². The van der Waals surface area contributed by atoms with Crippen LogP contribution in [0.25, 0.3) is 11.0 Å². The second-order valence-corrected chi connectivity index (χ2v) is 3.87. The molecule has 1 aromatic carbocycles. The summed E-state index contributed by atoms with van der Waals surface area (Å²) in [4.78, 5) is 23.2. The van der Waals surface area contributed by atoms with Crippen LogP contribution in [0.5, 0.6) is 0 Å². The van der Waals surface area contributed by atoms with Gasteiger partial charge in [-0.3, -0.25) is 4.79 Å². The zero-order valence-electron chi connectivity index (χ0n) is 9.12. The van der Waals surface area contributed by atoms with Crippen molar-refractivity contribution in [3.05, 3.63) is 45.3 Å². The van der Waals surface area contributed by atoms with Crippen LogP contribution >= 0.6 is 11.6 Å². The number of hydrogen-bond donors (Lipinski definition) is 1. The lowest BCUT2D eigenvalue weighted by Crippen LogP contribution is -2.27. The minimum absolute atomic E-state index is 0.0124. The number of hydrogen-bond acceptors (Lipinski definition) is 3. The number of benzene rings is 1. The molecule has 4 nitrogen and oxygen atoms in total. The Kier molecular flexibility index (Phi) is 3.15. The molecule has 1 amide bonds. The summed E-state index contributed by atoms with van der Waals surface area (Å²) in [6, 6.07) is 6.57. The van der Waals surface area contributed by atoms with Gasteiger partial charge in [0.15, 0.2) is 5.58 Å². The number of carbonyl (C=O) groups is 1. The Balaban J connectivity index is 2.64. The molecule has 0 aliphatic carbocycles. The number of carbonyl (C=O) groups excluding carboxylic acids is 1. The highest BCUT2D eigenvalue weighted by atomic mass is 35.5. The largest absolute Gasteiger partial charge is 0.421 e. The molecule has 88 valence electrons. The lowest BCUT2D eigenvalue weighted by atomic mass is 10.2. The van der Waals surface area contributed by atoms with E-state index in [2.05, 4.69) is 5.32 Å². The van der Waals surface area contributed by atoms with Gasteiger partial charge in [0.2, 0.25) is 0 Å². The number of fused-ring (bicyclic) bond motifs is 1. The summed E-state index contributed by atoms with van der Waals surface area (Å²) >= 11 is 5.89. The predicted octanol–water partition coefficient (Wildman–Crippen LogP) is 2.20. The minimum Gasteiger partial charge on any atom is -0.421 e. The minimum atomic E-state index is -0.684. The van der Waals surface area contributed by atoms with Gasteiger partial charge in [-0.2, -0.15) is 0 Å². The molecule has 5 heteroatoms. The fourth-order valence-electron chi connectivity index (χ4n) is 1.52. The first-order chi connectivity index (χ1) is 8.13. The maximum absolute atomic E-state index is 11.6. The highest BCUT2D eigenvalue weighted by Gasteiger charge is 2.13. The second kappa shape index (κ2) is 4.59. The van der Waals surface area contributed by atoms with Crippen molar-refractivity contribution < 1.29 is 9.21 Å². The number of halogens is 1. The van der Waals surface area contributed by atoms with Gasteiger partial charge in [0.05, 0.1) is 5.02 Å². The van der Waals surface area contributed by atoms with Gasteiger partial charge in [-0.25, -0.2) is 4.79 Å². The van der Waals surface area contributed by atoms with Crippen molar-refractivity contribution in [2.75, 3.05) is 6.54 Å². The van der Waals surface area contributed by atoms with Crippen molar-refractivity contribution in [1.82, 2.24) is 5.32 Å². The van der Waals surface area contributed by atoms with Crippen molar-refractivity contribution in [2.45, 2.75) is 6.92 Å². The average Bonchev–Trinajstić information content (AvgIpc) is 2.30. The molecule has 0 saturated heterocycles. The predicted molar refractivity (Wildman–Crippen MR) is 65.5 cm³/mol. The summed E-state index contributed by atoms with van der Waals surface area (Å²) in [6.07, 6.45) is 0. The third-order valence-electron chi connectivity index (χ3n) is 2.29. The normalized spacial score (nSPS) is 10.5. The fourth-order valence-corrected chi connectivity index (χ4v) is 1.74. The van der Waals surface area contributed by atoms with Gasteiger partial charge in [0, 0.05) is 11.9 Å². The van der Waals surface area contributed by atoms with E-state index >= 15 is 0 Å². The van der Waals surface area contributed by atoms with Crippen LogP contribution < -0.4 is 10.9 Å². The van der Waals surface area contributed by atoms with Crippen molar-refractivity contribution in [2.24, 2.45) is 0 Å². The van der Waals surface area contributed by atoms with Gasteiger partial charge in [0.1, 0.15) is 5.56 Å². The average molecular weight is 252 g/mol. The Morgan fingerprint density at radius 2 is 2.24 bits per heavy atom. The first-order valence-corrected chi connectivity index (χ1v) is 5.52. The Labute approximate surface area is 102 Å². The molecule has 0 spiro atoms. The topological polar surface area (TPSA) is 59.3 Å². The molecule has 0 aliphatic heterocycles. The molecule has 0 unspecified atom stereocenters. The highest BCUT2D eigenvalue weighted by molar-refractivity contribution is 6.34. The summed E-state index contributed by atoms with van der Waals surface area (Å²) < 4.78 is 5.04. The zero-order chi connectivity index (χ0) is 12.4. The number of para-hydroxylation sites is 1. The molecular formula is C12H10ClNO3. The first kappa shape index (κ1) is 11.7. The van der Waals surface area contributed by atoms with Crippen LogP contribution in [0.4, 0.5) is 0 Å². The van der Waals surface area contributed by atoms with Crippen LogP contribution in [0, 0.1) is 0 Å². The van der Waals surface area contributed by atoms with E-state index in [1.165, 1.54) is 6.07 Å². The van der Waals surface area contributed by atoms with Gasteiger partial charge < -0.3 is 9.73 Å². The third-order valence-corrected chi connectivity index (χ3v) is 2.59. The van der Waals surface area contributed by atoms with Crippen LogP contribution in [0.1, 0.15) is 17.3 Å². The van der Waals surface area contributed by atoms with E-state index in [-0.39, 0.29) is 5.56 Å². The molecule has 0 radical (unpaired) electrons. The summed E-state index contributed by atoms with van der Waals surface area (Å²) in [7, 11) is 0. The van der Waals surface area contributed by atoms with Crippen molar-refractivity contribution in [3.8, 4) is 0 Å². The van der Waals surface area contributed by atoms with Crippen molar-refractivity contribution in [1.29, 1.82) is 0 Å². The van der Waals surface area contributed by atoms with Crippen LogP contribution in [0.3, 0.4) is 0 Å². The molecule has 1 N–H and O–H groups in total. The van der Waals surface area contributed by atoms with Crippen molar-refractivity contribution >= 4 is 28.5 Å². The molecule has 1 heterocycles. The Morgan fingerprint density at radius 3 is 2.94 bits per heavy atom. The maximum Gasteiger partial charge on any atom is 0.349 e. The lowest BCUT2D eigenvalue weighted by Gasteiger charge is -2.03. The van der Waals surface area contributed by atoms with E-state index in [1.54, 1.807) is 25.1 Å². The molecule has 1 aromatic heterocycles. The maximum atomic E-state index is 11.6. The summed E-state index contributed by atoms with van der Waals surface area (Å²) in [5.41, 5.74) is -0.398. The van der Waals surface area contributed by atoms with Gasteiger partial charge >= 0.3 is 5.63 Å². The lowest BCUT2D eigenvalue weighted by molar-refractivity contribution is 0.0952. The molecule has 0 fully saturated rings. The molecule has 0 atom stereocenters.